The number of fused-ring (bicyclic) bond motifs is 2. The fourth-order valence-electron chi connectivity index (χ4n) is 2.53. The Balaban J connectivity index is 1.62. The number of amides is 1. The van der Waals surface area contributed by atoms with Gasteiger partial charge >= 0.3 is 0 Å². The van der Waals surface area contributed by atoms with Crippen molar-refractivity contribution in [2.75, 3.05) is 12.4 Å². The molecule has 0 fully saturated rings. The molecular weight excluding hydrogens is 324 g/mol. The van der Waals surface area contributed by atoms with Crippen LogP contribution in [0.3, 0.4) is 0 Å². The van der Waals surface area contributed by atoms with Crippen LogP contribution in [0.15, 0.2) is 42.7 Å². The lowest BCUT2D eigenvalue weighted by Gasteiger charge is -2.02. The molecule has 4 rings (SSSR count). The van der Waals surface area contributed by atoms with Crippen LogP contribution in [0.1, 0.15) is 10.4 Å². The van der Waals surface area contributed by atoms with Crippen LogP contribution < -0.4 is 10.1 Å². The van der Waals surface area contributed by atoms with E-state index in [1.807, 2.05) is 35.9 Å². The lowest BCUT2D eigenvalue weighted by molar-refractivity contribution is 0.102. The molecule has 24 heavy (non-hydrogen) atoms. The fourth-order valence-corrected chi connectivity index (χ4v) is 3.42. The van der Waals surface area contributed by atoms with Gasteiger partial charge in [0.05, 0.1) is 34.7 Å². The normalized spacial score (nSPS) is 11.1. The highest BCUT2D eigenvalue weighted by Crippen LogP contribution is 2.29. The Morgan fingerprint density at radius 3 is 2.92 bits per heavy atom. The quantitative estimate of drug-likeness (QED) is 0.621. The third-order valence-corrected chi connectivity index (χ3v) is 4.74. The molecule has 0 bridgehead atoms. The second-order valence-electron chi connectivity index (χ2n) is 5.37. The van der Waals surface area contributed by atoms with Gasteiger partial charge in [0.1, 0.15) is 5.75 Å². The molecule has 0 aliphatic heterocycles. The van der Waals surface area contributed by atoms with E-state index >= 15 is 0 Å². The van der Waals surface area contributed by atoms with Crippen molar-refractivity contribution >= 4 is 43.6 Å². The number of ether oxygens (including phenoxy) is 1. The number of thiazole rings is 1. The minimum atomic E-state index is -0.200. The zero-order valence-electron chi connectivity index (χ0n) is 13.1. The van der Waals surface area contributed by atoms with Gasteiger partial charge in [-0.15, -0.1) is 0 Å². The Bertz CT molecular complexity index is 1070. The number of nitrogens with zero attached hydrogens (tertiary/aromatic N) is 3. The van der Waals surface area contributed by atoms with Crippen molar-refractivity contribution in [2.24, 2.45) is 7.05 Å². The van der Waals surface area contributed by atoms with E-state index in [0.717, 1.165) is 27.0 Å². The van der Waals surface area contributed by atoms with E-state index in [4.69, 9.17) is 4.74 Å². The SMILES string of the molecule is COc1ccc2nc(NC(=O)c3ccc4c(c3)ncn4C)sc2c1. The Labute approximate surface area is 141 Å². The maximum absolute atomic E-state index is 12.5. The summed E-state index contributed by atoms with van der Waals surface area (Å²) in [6, 6.07) is 11.1. The minimum absolute atomic E-state index is 0.200. The van der Waals surface area contributed by atoms with E-state index in [-0.39, 0.29) is 5.91 Å². The number of hydrogen-bond acceptors (Lipinski definition) is 5. The van der Waals surface area contributed by atoms with Crippen LogP contribution in [-0.2, 0) is 7.05 Å². The predicted molar refractivity (Wildman–Crippen MR) is 94.8 cm³/mol. The topological polar surface area (TPSA) is 69.0 Å². The molecule has 4 aromatic rings. The van der Waals surface area contributed by atoms with E-state index in [0.29, 0.717) is 10.7 Å². The fraction of sp³-hybridized carbons (Fsp3) is 0.118. The second kappa shape index (κ2) is 5.61. The van der Waals surface area contributed by atoms with Crippen LogP contribution in [0.5, 0.6) is 5.75 Å². The molecule has 7 heteroatoms. The minimum Gasteiger partial charge on any atom is -0.497 e. The lowest BCUT2D eigenvalue weighted by atomic mass is 10.2. The molecule has 0 atom stereocenters. The van der Waals surface area contributed by atoms with Gasteiger partial charge in [-0.3, -0.25) is 10.1 Å². The van der Waals surface area contributed by atoms with Crippen molar-refractivity contribution in [2.45, 2.75) is 0 Å². The number of carbonyl (C=O) groups excluding carboxylic acids is 1. The molecule has 120 valence electrons. The molecule has 0 saturated heterocycles. The zero-order chi connectivity index (χ0) is 16.7. The third kappa shape index (κ3) is 2.48. The number of aromatic nitrogens is 3. The Morgan fingerprint density at radius 2 is 2.08 bits per heavy atom. The number of benzene rings is 2. The molecule has 0 unspecified atom stereocenters. The predicted octanol–water partition coefficient (Wildman–Crippen LogP) is 3.44. The van der Waals surface area contributed by atoms with Gasteiger partial charge < -0.3 is 9.30 Å². The lowest BCUT2D eigenvalue weighted by Crippen LogP contribution is -2.11. The number of carbonyl (C=O) groups is 1. The summed E-state index contributed by atoms with van der Waals surface area (Å²) < 4.78 is 8.08. The molecule has 2 aromatic heterocycles. The summed E-state index contributed by atoms with van der Waals surface area (Å²) in [7, 11) is 3.54. The van der Waals surface area contributed by atoms with Crippen molar-refractivity contribution in [1.29, 1.82) is 0 Å². The van der Waals surface area contributed by atoms with E-state index in [2.05, 4.69) is 15.3 Å². The monoisotopic (exact) mass is 338 g/mol. The number of nitrogens with one attached hydrogen (secondary N) is 1. The van der Waals surface area contributed by atoms with Crippen LogP contribution in [0, 0.1) is 0 Å². The van der Waals surface area contributed by atoms with E-state index in [1.54, 1.807) is 25.6 Å². The number of rotatable bonds is 3. The van der Waals surface area contributed by atoms with Crippen molar-refractivity contribution in [1.82, 2.24) is 14.5 Å². The molecule has 2 heterocycles. The largest absolute Gasteiger partial charge is 0.497 e. The first-order chi connectivity index (χ1) is 11.6. The van der Waals surface area contributed by atoms with Crippen LogP contribution in [0.4, 0.5) is 5.13 Å². The van der Waals surface area contributed by atoms with Gasteiger partial charge in [0.25, 0.3) is 5.91 Å². The summed E-state index contributed by atoms with van der Waals surface area (Å²) in [6.45, 7) is 0. The first-order valence-corrected chi connectivity index (χ1v) is 8.13. The van der Waals surface area contributed by atoms with Gasteiger partial charge in [-0.25, -0.2) is 9.97 Å². The van der Waals surface area contributed by atoms with Crippen LogP contribution in [-0.4, -0.2) is 27.6 Å². The van der Waals surface area contributed by atoms with Gasteiger partial charge in [0.15, 0.2) is 5.13 Å². The molecule has 6 nitrogen and oxygen atoms in total. The molecule has 2 aromatic carbocycles. The number of imidazole rings is 1. The highest BCUT2D eigenvalue weighted by molar-refractivity contribution is 7.22. The van der Waals surface area contributed by atoms with Gasteiger partial charge in [0, 0.05) is 12.6 Å². The van der Waals surface area contributed by atoms with Gasteiger partial charge in [0.2, 0.25) is 0 Å². The summed E-state index contributed by atoms with van der Waals surface area (Å²) in [5.41, 5.74) is 3.16. The standard InChI is InChI=1S/C17H14N4O2S/c1-21-9-18-13-7-10(3-6-14(13)21)16(22)20-17-19-12-5-4-11(23-2)8-15(12)24-17/h3-9H,1-2H3,(H,19,20,22). The molecule has 0 saturated carbocycles. The summed E-state index contributed by atoms with van der Waals surface area (Å²) in [5.74, 6) is 0.568. The van der Waals surface area contributed by atoms with Crippen LogP contribution in [0.25, 0.3) is 21.3 Å². The summed E-state index contributed by atoms with van der Waals surface area (Å²) in [4.78, 5) is 21.2. The van der Waals surface area contributed by atoms with Gasteiger partial charge in [-0.1, -0.05) is 11.3 Å². The Kier molecular flexibility index (Phi) is 3.42. The number of anilines is 1. The molecular formula is C17H14N4O2S. The molecule has 1 N–H and O–H groups in total. The highest BCUT2D eigenvalue weighted by atomic mass is 32.1. The average Bonchev–Trinajstić information content (AvgIpc) is 3.16. The first kappa shape index (κ1) is 14.6. The van der Waals surface area contributed by atoms with Crippen molar-refractivity contribution in [3.63, 3.8) is 0 Å². The first-order valence-electron chi connectivity index (χ1n) is 7.31. The van der Waals surface area contributed by atoms with Crippen LogP contribution in [0.2, 0.25) is 0 Å². The number of aryl methyl sites for hydroxylation is 1. The van der Waals surface area contributed by atoms with E-state index < -0.39 is 0 Å². The maximum Gasteiger partial charge on any atom is 0.257 e. The van der Waals surface area contributed by atoms with E-state index in [9.17, 15) is 4.79 Å². The van der Waals surface area contributed by atoms with Gasteiger partial charge in [-0.2, -0.15) is 0 Å². The molecule has 0 spiro atoms. The highest BCUT2D eigenvalue weighted by Gasteiger charge is 2.12. The second-order valence-corrected chi connectivity index (χ2v) is 6.40. The average molecular weight is 338 g/mol. The zero-order valence-corrected chi connectivity index (χ0v) is 13.9. The van der Waals surface area contributed by atoms with Crippen molar-refractivity contribution < 1.29 is 9.53 Å². The Morgan fingerprint density at radius 1 is 1.21 bits per heavy atom. The van der Waals surface area contributed by atoms with E-state index in [1.165, 1.54) is 11.3 Å². The maximum atomic E-state index is 12.5. The summed E-state index contributed by atoms with van der Waals surface area (Å²) >= 11 is 1.41. The third-order valence-electron chi connectivity index (χ3n) is 3.80. The summed E-state index contributed by atoms with van der Waals surface area (Å²) in [5, 5.41) is 3.41. The smallest absolute Gasteiger partial charge is 0.257 e. The molecule has 0 aliphatic carbocycles. The molecule has 0 radical (unpaired) electrons. The van der Waals surface area contributed by atoms with Crippen molar-refractivity contribution in [3.8, 4) is 5.75 Å². The van der Waals surface area contributed by atoms with Crippen LogP contribution >= 0.6 is 11.3 Å². The van der Waals surface area contributed by atoms with Crippen molar-refractivity contribution in [3.05, 3.63) is 48.3 Å². The van der Waals surface area contributed by atoms with Gasteiger partial charge in [-0.05, 0) is 36.4 Å². The Hall–Kier alpha value is -2.93. The number of methoxy groups -OCH3 is 1. The summed E-state index contributed by atoms with van der Waals surface area (Å²) in [6.07, 6.45) is 1.73. The molecule has 1 amide bonds. The molecule has 0 aliphatic rings. The number of hydrogen-bond donors (Lipinski definition) is 1.